The monoisotopic (exact) mass is 557 g/mol. The first kappa shape index (κ1) is 27.1. The summed E-state index contributed by atoms with van der Waals surface area (Å²) >= 11 is 0. The molecule has 2 saturated heterocycles. The van der Waals surface area contributed by atoms with Gasteiger partial charge in [0.05, 0.1) is 36.7 Å². The first-order valence-corrected chi connectivity index (χ1v) is 14.2. The Morgan fingerprint density at radius 1 is 1.23 bits per heavy atom. The minimum atomic E-state index is -1.61. The van der Waals surface area contributed by atoms with Crippen LogP contribution in [0.4, 0.5) is 14.6 Å². The van der Waals surface area contributed by atoms with Crippen LogP contribution in [0, 0.1) is 12.8 Å². The van der Waals surface area contributed by atoms with Gasteiger partial charge in [-0.1, -0.05) is 0 Å². The Morgan fingerprint density at radius 2 is 2.08 bits per heavy atom. The van der Waals surface area contributed by atoms with Crippen molar-refractivity contribution in [3.05, 3.63) is 40.4 Å². The number of carbonyl (C=O) groups is 1. The van der Waals surface area contributed by atoms with E-state index < -0.39 is 6.08 Å². The molecular weight excluding hydrogens is 520 g/mol. The molecule has 4 aliphatic heterocycles. The Hall–Kier alpha value is -3.12. The fourth-order valence-electron chi connectivity index (χ4n) is 6.81. The molecule has 0 unspecified atom stereocenters. The first-order chi connectivity index (χ1) is 19.2. The summed E-state index contributed by atoms with van der Waals surface area (Å²) in [7, 11) is 3.47. The quantitative estimate of drug-likeness (QED) is 0.535. The fraction of sp³-hybridized carbons (Fsp3) is 0.643. The minimum Gasteiger partial charge on any atom is -0.461 e. The van der Waals surface area contributed by atoms with Gasteiger partial charge in [0.15, 0.2) is 5.69 Å². The van der Waals surface area contributed by atoms with Gasteiger partial charge in [0.25, 0.3) is 12.0 Å². The Balaban J connectivity index is 1.28. The Morgan fingerprint density at radius 3 is 2.88 bits per heavy atom. The van der Waals surface area contributed by atoms with Crippen LogP contribution in [-0.4, -0.2) is 87.9 Å². The van der Waals surface area contributed by atoms with Crippen LogP contribution in [0.2, 0.25) is 0 Å². The number of fused-ring (bicyclic) bond motifs is 3. The van der Waals surface area contributed by atoms with E-state index in [0.717, 1.165) is 66.8 Å². The molecule has 0 saturated carbocycles. The van der Waals surface area contributed by atoms with Gasteiger partial charge in [-0.3, -0.25) is 14.4 Å². The molecule has 2 aromatic heterocycles. The number of amides is 1. The van der Waals surface area contributed by atoms with E-state index in [1.165, 1.54) is 0 Å². The standard InChI is InChI=1S/C28H37F2N7O3/c1-18-22-15-35(8-5-10-37(22)33-24(18)26(38)34(2)3)25-20-16-39-11-6-21(20)31-27(32-25)40-17-28-7-4-9-36(28)14-19(13-28)12-23(29)30/h12,19H,4-11,13-17H2,1-3H3/t19-,28+/m0/s1. The molecule has 1 amide bonds. The number of hydrogen-bond acceptors (Lipinski definition) is 8. The molecule has 2 aromatic rings. The van der Waals surface area contributed by atoms with E-state index in [1.807, 2.05) is 11.6 Å². The average Bonchev–Trinajstić information content (AvgIpc) is 3.50. The lowest BCUT2D eigenvalue weighted by Gasteiger charge is -2.32. The predicted molar refractivity (Wildman–Crippen MR) is 143 cm³/mol. The van der Waals surface area contributed by atoms with Crippen LogP contribution >= 0.6 is 0 Å². The highest BCUT2D eigenvalue weighted by molar-refractivity contribution is 5.93. The second-order valence-electron chi connectivity index (χ2n) is 11.7. The molecule has 6 heterocycles. The molecule has 4 aliphatic rings. The Bertz CT molecular complexity index is 1330. The van der Waals surface area contributed by atoms with Crippen molar-refractivity contribution in [1.29, 1.82) is 0 Å². The van der Waals surface area contributed by atoms with Crippen molar-refractivity contribution in [2.75, 3.05) is 51.8 Å². The number of nitrogens with zero attached hydrogens (tertiary/aromatic N) is 7. The normalized spacial score (nSPS) is 24.2. The van der Waals surface area contributed by atoms with Gasteiger partial charge < -0.3 is 19.3 Å². The molecule has 0 N–H and O–H groups in total. The third-order valence-electron chi connectivity index (χ3n) is 8.82. The van der Waals surface area contributed by atoms with Crippen LogP contribution in [0.25, 0.3) is 0 Å². The molecule has 40 heavy (non-hydrogen) atoms. The van der Waals surface area contributed by atoms with Crippen molar-refractivity contribution in [3.8, 4) is 6.01 Å². The summed E-state index contributed by atoms with van der Waals surface area (Å²) in [6.07, 6.45) is 3.60. The summed E-state index contributed by atoms with van der Waals surface area (Å²) in [5, 5.41) is 4.65. The zero-order chi connectivity index (χ0) is 28.0. The van der Waals surface area contributed by atoms with Crippen LogP contribution in [0.5, 0.6) is 6.01 Å². The maximum Gasteiger partial charge on any atom is 0.318 e. The summed E-state index contributed by atoms with van der Waals surface area (Å²) in [5.41, 5.74) is 4.00. The van der Waals surface area contributed by atoms with Crippen molar-refractivity contribution in [1.82, 2.24) is 29.5 Å². The molecular formula is C28H37F2N7O3. The van der Waals surface area contributed by atoms with Gasteiger partial charge in [-0.25, -0.2) is 0 Å². The maximum atomic E-state index is 13.0. The molecule has 0 aliphatic carbocycles. The number of ether oxygens (including phenoxy) is 2. The van der Waals surface area contributed by atoms with Crippen molar-refractivity contribution in [2.24, 2.45) is 5.92 Å². The lowest BCUT2D eigenvalue weighted by Crippen LogP contribution is -2.43. The number of hydrogen-bond donors (Lipinski definition) is 0. The van der Waals surface area contributed by atoms with Crippen molar-refractivity contribution < 1.29 is 23.0 Å². The number of halogens is 2. The first-order valence-electron chi connectivity index (χ1n) is 14.2. The van der Waals surface area contributed by atoms with E-state index in [4.69, 9.17) is 19.4 Å². The Labute approximate surface area is 232 Å². The summed E-state index contributed by atoms with van der Waals surface area (Å²) in [4.78, 5) is 28.5. The van der Waals surface area contributed by atoms with Crippen LogP contribution < -0.4 is 9.64 Å². The zero-order valence-electron chi connectivity index (χ0n) is 23.5. The summed E-state index contributed by atoms with van der Waals surface area (Å²) in [6.45, 7) is 6.93. The molecule has 2 atom stereocenters. The zero-order valence-corrected chi connectivity index (χ0v) is 23.5. The largest absolute Gasteiger partial charge is 0.461 e. The molecule has 0 bridgehead atoms. The van der Waals surface area contributed by atoms with Crippen LogP contribution in [0.1, 0.15) is 58.7 Å². The van der Waals surface area contributed by atoms with E-state index in [0.29, 0.717) is 64.0 Å². The van der Waals surface area contributed by atoms with E-state index in [2.05, 4.69) is 14.9 Å². The predicted octanol–water partition coefficient (Wildman–Crippen LogP) is 3.18. The molecule has 6 rings (SSSR count). The maximum absolute atomic E-state index is 13.0. The van der Waals surface area contributed by atoms with Crippen LogP contribution in [-0.2, 0) is 30.9 Å². The van der Waals surface area contributed by atoms with E-state index in [1.54, 1.807) is 19.0 Å². The van der Waals surface area contributed by atoms with Crippen LogP contribution in [0.3, 0.4) is 0 Å². The summed E-state index contributed by atoms with van der Waals surface area (Å²) < 4.78 is 40.1. The van der Waals surface area contributed by atoms with Gasteiger partial charge in [-0.2, -0.15) is 23.8 Å². The lowest BCUT2D eigenvalue weighted by molar-refractivity contribution is 0.0820. The topological polar surface area (TPSA) is 88.9 Å². The average molecular weight is 558 g/mol. The number of aryl methyl sites for hydroxylation is 1. The second-order valence-corrected chi connectivity index (χ2v) is 11.7. The third kappa shape index (κ3) is 4.96. The van der Waals surface area contributed by atoms with Gasteiger partial charge in [0.1, 0.15) is 12.4 Å². The SMILES string of the molecule is Cc1c(C(=O)N(C)C)nn2c1CN(c1nc(OC[C@]34CCCN3C[C@@H](C=C(F)F)C4)nc3c1COCC3)CCC2. The highest BCUT2D eigenvalue weighted by atomic mass is 19.3. The molecule has 216 valence electrons. The smallest absolute Gasteiger partial charge is 0.318 e. The van der Waals surface area contributed by atoms with Gasteiger partial charge in [-0.15, -0.1) is 0 Å². The van der Waals surface area contributed by atoms with E-state index >= 15 is 0 Å². The molecule has 2 fully saturated rings. The molecule has 12 heteroatoms. The fourth-order valence-corrected chi connectivity index (χ4v) is 6.81. The third-order valence-corrected chi connectivity index (χ3v) is 8.82. The van der Waals surface area contributed by atoms with E-state index in [-0.39, 0.29) is 17.4 Å². The van der Waals surface area contributed by atoms with Gasteiger partial charge in [0.2, 0.25) is 0 Å². The van der Waals surface area contributed by atoms with Gasteiger partial charge >= 0.3 is 6.01 Å². The highest BCUT2D eigenvalue weighted by Gasteiger charge is 2.48. The van der Waals surface area contributed by atoms with Gasteiger partial charge in [0, 0.05) is 51.3 Å². The molecule has 10 nitrogen and oxygen atoms in total. The molecule has 0 aromatic carbocycles. The summed E-state index contributed by atoms with van der Waals surface area (Å²) in [5.74, 6) is 0.523. The van der Waals surface area contributed by atoms with Crippen molar-refractivity contribution in [3.63, 3.8) is 0 Å². The lowest BCUT2D eigenvalue weighted by atomic mass is 9.91. The van der Waals surface area contributed by atoms with Crippen molar-refractivity contribution in [2.45, 2.75) is 64.3 Å². The highest BCUT2D eigenvalue weighted by Crippen LogP contribution is 2.43. The second kappa shape index (κ2) is 10.7. The number of carbonyl (C=O) groups excluding carboxylic acids is 1. The molecule has 0 spiro atoms. The number of aromatic nitrogens is 4. The van der Waals surface area contributed by atoms with Gasteiger partial charge in [-0.05, 0) is 51.1 Å². The number of anilines is 1. The van der Waals surface area contributed by atoms with E-state index in [9.17, 15) is 13.6 Å². The summed E-state index contributed by atoms with van der Waals surface area (Å²) in [6, 6.07) is 0.325. The Kier molecular flexibility index (Phi) is 7.24. The van der Waals surface area contributed by atoms with Crippen molar-refractivity contribution >= 4 is 11.7 Å². The number of rotatable bonds is 6. The van der Waals surface area contributed by atoms with Crippen LogP contribution in [0.15, 0.2) is 12.2 Å². The molecule has 0 radical (unpaired) electrons. The minimum absolute atomic E-state index is 0.104.